The van der Waals surface area contributed by atoms with E-state index < -0.39 is 0 Å². The predicted octanol–water partition coefficient (Wildman–Crippen LogP) is 10.7. The first kappa shape index (κ1) is 21.1. The molecule has 9 rings (SSSR count). The first-order valence-corrected chi connectivity index (χ1v) is 14.0. The van der Waals surface area contributed by atoms with Crippen molar-refractivity contribution in [2.24, 2.45) is 0 Å². The van der Waals surface area contributed by atoms with Gasteiger partial charge in [-0.2, -0.15) is 0 Å². The Balaban J connectivity index is 1.26. The molecule has 0 fully saturated rings. The van der Waals surface area contributed by atoms with Crippen LogP contribution in [-0.2, 0) is 0 Å². The van der Waals surface area contributed by atoms with Gasteiger partial charge in [-0.25, -0.2) is 0 Å². The minimum absolute atomic E-state index is 0.910. The summed E-state index contributed by atoms with van der Waals surface area (Å²) in [5.74, 6) is 0. The maximum Gasteiger partial charge on any atom is 0.137 e. The van der Waals surface area contributed by atoms with E-state index >= 15 is 0 Å². The van der Waals surface area contributed by atoms with Gasteiger partial charge in [-0.3, -0.25) is 0 Å². The smallest absolute Gasteiger partial charge is 0.137 e. The van der Waals surface area contributed by atoms with Crippen LogP contribution in [0.4, 0.5) is 0 Å². The number of fused-ring (bicyclic) bond motifs is 9. The normalized spacial score (nSPS) is 12.1. The van der Waals surface area contributed by atoms with Crippen molar-refractivity contribution in [3.05, 3.63) is 127 Å². The summed E-state index contributed by atoms with van der Waals surface area (Å²) < 4.78 is 11.3. The molecule has 182 valence electrons. The van der Waals surface area contributed by atoms with E-state index in [4.69, 9.17) is 4.42 Å². The zero-order chi connectivity index (χ0) is 25.5. The summed E-state index contributed by atoms with van der Waals surface area (Å²) >= 11 is 1.86. The number of benzene rings is 6. The maximum atomic E-state index is 6.24. The minimum atomic E-state index is 0.910. The van der Waals surface area contributed by atoms with E-state index in [9.17, 15) is 0 Å². The molecule has 3 aromatic heterocycles. The third-order valence-corrected chi connectivity index (χ3v) is 9.15. The lowest BCUT2D eigenvalue weighted by Gasteiger charge is -2.08. The van der Waals surface area contributed by atoms with Gasteiger partial charge in [0.1, 0.15) is 11.2 Å². The Hall–Kier alpha value is -4.86. The standard InChI is InChI=1S/C36H21NOS/c1-4-10-31-25(7-1)29-19-22(23-14-18-36-30(20-23)28-9-3-6-12-35(28)39-36)13-17-32(29)37(31)24-15-16-27-26-8-2-5-11-33(26)38-34(27)21-24/h1-21H. The van der Waals surface area contributed by atoms with Crippen molar-refractivity contribution >= 4 is 75.3 Å². The van der Waals surface area contributed by atoms with Crippen LogP contribution in [0.2, 0.25) is 0 Å². The average molecular weight is 516 g/mol. The molecule has 3 heterocycles. The van der Waals surface area contributed by atoms with Crippen molar-refractivity contribution in [3.8, 4) is 16.8 Å². The molecule has 2 nitrogen and oxygen atoms in total. The summed E-state index contributed by atoms with van der Waals surface area (Å²) in [5.41, 5.74) is 7.80. The number of thiophene rings is 1. The Morgan fingerprint density at radius 2 is 1.10 bits per heavy atom. The highest BCUT2D eigenvalue weighted by Crippen LogP contribution is 2.39. The molecule has 0 saturated heterocycles. The lowest BCUT2D eigenvalue weighted by Crippen LogP contribution is -1.93. The summed E-state index contributed by atoms with van der Waals surface area (Å²) in [6, 6.07) is 45.9. The van der Waals surface area contributed by atoms with Crippen LogP contribution in [0.15, 0.2) is 132 Å². The molecule has 0 radical (unpaired) electrons. The Kier molecular flexibility index (Phi) is 4.24. The first-order valence-electron chi connectivity index (χ1n) is 13.2. The highest BCUT2D eigenvalue weighted by molar-refractivity contribution is 7.25. The van der Waals surface area contributed by atoms with Crippen molar-refractivity contribution < 1.29 is 4.42 Å². The summed E-state index contributed by atoms with van der Waals surface area (Å²) in [5, 5.41) is 7.46. The molecule has 0 aliphatic heterocycles. The molecular formula is C36H21NOS. The van der Waals surface area contributed by atoms with Gasteiger partial charge in [-0.15, -0.1) is 11.3 Å². The van der Waals surface area contributed by atoms with Gasteiger partial charge in [0.05, 0.1) is 11.0 Å². The van der Waals surface area contributed by atoms with Crippen LogP contribution in [0.5, 0.6) is 0 Å². The lowest BCUT2D eigenvalue weighted by atomic mass is 10.0. The van der Waals surface area contributed by atoms with Crippen molar-refractivity contribution in [1.29, 1.82) is 0 Å². The van der Waals surface area contributed by atoms with Crippen LogP contribution in [0.1, 0.15) is 0 Å². The third kappa shape index (κ3) is 3.02. The van der Waals surface area contributed by atoms with E-state index in [2.05, 4.69) is 120 Å². The molecule has 0 saturated carbocycles. The fourth-order valence-corrected chi connectivity index (χ4v) is 7.28. The topological polar surface area (TPSA) is 18.1 Å². The minimum Gasteiger partial charge on any atom is -0.456 e. The average Bonchev–Trinajstić information content (AvgIpc) is 3.65. The lowest BCUT2D eigenvalue weighted by molar-refractivity contribution is 0.668. The molecule has 0 aliphatic carbocycles. The molecule has 0 amide bonds. The quantitative estimate of drug-likeness (QED) is 0.224. The van der Waals surface area contributed by atoms with E-state index in [-0.39, 0.29) is 0 Å². The molecule has 6 aromatic carbocycles. The van der Waals surface area contributed by atoms with E-state index in [0.717, 1.165) is 27.6 Å². The fraction of sp³-hybridized carbons (Fsp3) is 0. The molecule has 3 heteroatoms. The second-order valence-corrected chi connectivity index (χ2v) is 11.3. The van der Waals surface area contributed by atoms with Crippen molar-refractivity contribution in [2.75, 3.05) is 0 Å². The maximum absolute atomic E-state index is 6.24. The SMILES string of the molecule is c1ccc2c(c1)oc1cc(-n3c4ccccc4c4cc(-c5ccc6sc7ccccc7c6c5)ccc43)ccc12. The number of aromatic nitrogens is 1. The molecule has 0 spiro atoms. The molecular weight excluding hydrogens is 494 g/mol. The van der Waals surface area contributed by atoms with E-state index in [1.54, 1.807) is 0 Å². The van der Waals surface area contributed by atoms with Crippen LogP contribution >= 0.6 is 11.3 Å². The number of rotatable bonds is 2. The highest BCUT2D eigenvalue weighted by Gasteiger charge is 2.15. The van der Waals surface area contributed by atoms with Crippen LogP contribution in [0.25, 0.3) is 80.7 Å². The molecule has 0 bridgehead atoms. The summed E-state index contributed by atoms with van der Waals surface area (Å²) in [7, 11) is 0. The Morgan fingerprint density at radius 3 is 2.03 bits per heavy atom. The monoisotopic (exact) mass is 515 g/mol. The van der Waals surface area contributed by atoms with Crippen LogP contribution in [0, 0.1) is 0 Å². The fourth-order valence-electron chi connectivity index (χ4n) is 6.19. The van der Waals surface area contributed by atoms with E-state index in [0.29, 0.717) is 0 Å². The molecule has 9 aromatic rings. The van der Waals surface area contributed by atoms with Gasteiger partial charge in [-0.05, 0) is 65.7 Å². The Morgan fingerprint density at radius 1 is 0.436 bits per heavy atom. The molecule has 0 aliphatic rings. The molecule has 0 unspecified atom stereocenters. The van der Waals surface area contributed by atoms with Crippen molar-refractivity contribution in [1.82, 2.24) is 4.57 Å². The second-order valence-electron chi connectivity index (χ2n) is 10.2. The van der Waals surface area contributed by atoms with Crippen LogP contribution < -0.4 is 0 Å². The van der Waals surface area contributed by atoms with E-state index in [1.807, 2.05) is 23.5 Å². The Bertz CT molecular complexity index is 2400. The third-order valence-electron chi connectivity index (χ3n) is 8.00. The number of para-hydroxylation sites is 2. The summed E-state index contributed by atoms with van der Waals surface area (Å²) in [4.78, 5) is 0. The predicted molar refractivity (Wildman–Crippen MR) is 166 cm³/mol. The van der Waals surface area contributed by atoms with Crippen molar-refractivity contribution in [3.63, 3.8) is 0 Å². The number of hydrogen-bond donors (Lipinski definition) is 0. The van der Waals surface area contributed by atoms with Gasteiger partial charge < -0.3 is 8.98 Å². The summed E-state index contributed by atoms with van der Waals surface area (Å²) in [6.45, 7) is 0. The highest BCUT2D eigenvalue weighted by atomic mass is 32.1. The van der Waals surface area contributed by atoms with Crippen LogP contribution in [0.3, 0.4) is 0 Å². The number of furan rings is 1. The van der Waals surface area contributed by atoms with Gasteiger partial charge in [0, 0.05) is 53.5 Å². The first-order chi connectivity index (χ1) is 19.3. The molecule has 0 atom stereocenters. The molecule has 39 heavy (non-hydrogen) atoms. The van der Waals surface area contributed by atoms with Gasteiger partial charge in [-0.1, -0.05) is 66.7 Å². The number of hydrogen-bond acceptors (Lipinski definition) is 2. The van der Waals surface area contributed by atoms with Crippen molar-refractivity contribution in [2.45, 2.75) is 0 Å². The zero-order valence-electron chi connectivity index (χ0n) is 20.9. The number of nitrogens with zero attached hydrogens (tertiary/aromatic N) is 1. The van der Waals surface area contributed by atoms with Gasteiger partial charge >= 0.3 is 0 Å². The zero-order valence-corrected chi connectivity index (χ0v) is 21.7. The van der Waals surface area contributed by atoms with E-state index in [1.165, 1.54) is 53.1 Å². The van der Waals surface area contributed by atoms with Gasteiger partial charge in [0.25, 0.3) is 0 Å². The largest absolute Gasteiger partial charge is 0.456 e. The summed E-state index contributed by atoms with van der Waals surface area (Å²) in [6.07, 6.45) is 0. The van der Waals surface area contributed by atoms with Gasteiger partial charge in [0.2, 0.25) is 0 Å². The second kappa shape index (κ2) is 7.83. The Labute approximate surface area is 227 Å². The molecule has 0 N–H and O–H groups in total. The van der Waals surface area contributed by atoms with Gasteiger partial charge in [0.15, 0.2) is 0 Å². The van der Waals surface area contributed by atoms with Crippen LogP contribution in [-0.4, -0.2) is 4.57 Å².